The van der Waals surface area contributed by atoms with Gasteiger partial charge in [0.1, 0.15) is 12.3 Å². The molecule has 3 N–H and O–H groups in total. The van der Waals surface area contributed by atoms with Crippen LogP contribution in [-0.2, 0) is 27.4 Å². The summed E-state index contributed by atoms with van der Waals surface area (Å²) in [6.45, 7) is 4.68. The van der Waals surface area contributed by atoms with Gasteiger partial charge in [-0.1, -0.05) is 6.08 Å². The minimum absolute atomic E-state index is 0.145. The van der Waals surface area contributed by atoms with Crippen LogP contribution in [0.15, 0.2) is 28.4 Å². The Kier molecular flexibility index (Phi) is 7.38. The van der Waals surface area contributed by atoms with E-state index in [1.165, 1.54) is 23.8 Å². The van der Waals surface area contributed by atoms with E-state index >= 15 is 0 Å². The van der Waals surface area contributed by atoms with E-state index in [-0.39, 0.29) is 13.0 Å². The molecular weight excluding hydrogens is 406 g/mol. The van der Waals surface area contributed by atoms with E-state index in [0.29, 0.717) is 5.56 Å². The maximum Gasteiger partial charge on any atom is 0.705 e. The van der Waals surface area contributed by atoms with E-state index in [0.717, 1.165) is 0 Å². The quantitative estimate of drug-likeness (QED) is 0.374. The van der Waals surface area contributed by atoms with Crippen LogP contribution in [-0.4, -0.2) is 44.8 Å². The minimum Gasteiger partial charge on any atom is -0.371 e. The fourth-order valence-electron chi connectivity index (χ4n) is 2.47. The molecule has 0 aromatic carbocycles. The largest absolute Gasteiger partial charge is 0.705 e. The third-order valence-corrected chi connectivity index (χ3v) is 5.50. The number of hydrogen-bond donors (Lipinski definition) is 3. The van der Waals surface area contributed by atoms with E-state index in [1.54, 1.807) is 0 Å². The van der Waals surface area contributed by atoms with Gasteiger partial charge < -0.3 is 9.47 Å². The van der Waals surface area contributed by atoms with Gasteiger partial charge in [-0.3, -0.25) is 23.8 Å². The molecule has 150 valence electrons. The normalized spacial score (nSPS) is 25.1. The van der Waals surface area contributed by atoms with Crippen LogP contribution in [0.3, 0.4) is 0 Å². The molecule has 14 heteroatoms. The molecule has 0 aliphatic carbocycles. The second-order valence-electron chi connectivity index (χ2n) is 5.59. The molecule has 1 aliphatic rings. The molecule has 2 heterocycles. The zero-order chi connectivity index (χ0) is 20.2. The molecule has 0 radical (unpaired) electrons. The third kappa shape index (κ3) is 6.00. The standard InChI is InChI=1S/C13H18N2O10P2/c1-3-4-22-9-5-11(15-6-8(2)12(16)14-13(15)17)24-10(9)7-23-27(20,21)25-26(18)19/h3,6,9-11H,1,4-5,7H2,2H3,(H2-,14,16,17,18,19,20,21)/p+1/t9-,10-,11-/m1/s1. The number of nitrogens with zero attached hydrogens (tertiary/aromatic N) is 1. The van der Waals surface area contributed by atoms with Crippen molar-refractivity contribution in [1.82, 2.24) is 9.55 Å². The maximum atomic E-state index is 12.0. The lowest BCUT2D eigenvalue weighted by Crippen LogP contribution is -2.33. The second-order valence-corrected chi connectivity index (χ2v) is 7.91. The van der Waals surface area contributed by atoms with Crippen molar-refractivity contribution in [3.63, 3.8) is 0 Å². The third-order valence-electron chi connectivity index (χ3n) is 3.64. The zero-order valence-corrected chi connectivity index (χ0v) is 16.0. The molecule has 1 saturated heterocycles. The predicted octanol–water partition coefficient (Wildman–Crippen LogP) is 0.487. The smallest absolute Gasteiger partial charge is 0.371 e. The van der Waals surface area contributed by atoms with Crippen LogP contribution in [0.25, 0.3) is 0 Å². The van der Waals surface area contributed by atoms with Crippen molar-refractivity contribution in [1.29, 1.82) is 0 Å². The Bertz CT molecular complexity index is 865. The number of phosphoric ester groups is 1. The first-order chi connectivity index (χ1) is 12.6. The van der Waals surface area contributed by atoms with Crippen LogP contribution < -0.4 is 11.2 Å². The van der Waals surface area contributed by atoms with Crippen LogP contribution in [0, 0.1) is 6.92 Å². The predicted molar refractivity (Wildman–Crippen MR) is 91.2 cm³/mol. The van der Waals surface area contributed by atoms with Crippen molar-refractivity contribution in [3.05, 3.63) is 45.3 Å². The van der Waals surface area contributed by atoms with Gasteiger partial charge in [-0.2, -0.15) is 0 Å². The Morgan fingerprint density at radius 1 is 1.56 bits per heavy atom. The van der Waals surface area contributed by atoms with Gasteiger partial charge in [0.05, 0.1) is 19.3 Å². The van der Waals surface area contributed by atoms with E-state index in [4.69, 9.17) is 14.4 Å². The van der Waals surface area contributed by atoms with E-state index in [1.807, 2.05) is 0 Å². The molecule has 12 nitrogen and oxygen atoms in total. The number of nitrogens with one attached hydrogen (secondary N) is 1. The molecule has 0 amide bonds. The minimum atomic E-state index is -4.77. The fourth-order valence-corrected chi connectivity index (χ4v) is 3.70. The average molecular weight is 425 g/mol. The topological polar surface area (TPSA) is 166 Å². The van der Waals surface area contributed by atoms with Crippen molar-refractivity contribution in [3.8, 4) is 0 Å². The van der Waals surface area contributed by atoms with E-state index in [9.17, 15) is 23.6 Å². The number of H-pyrrole nitrogens is 1. The molecule has 5 atom stereocenters. The Labute approximate surface area is 153 Å². The summed E-state index contributed by atoms with van der Waals surface area (Å²) in [5, 5.41) is 0. The van der Waals surface area contributed by atoms with Gasteiger partial charge in [-0.25, -0.2) is 9.36 Å². The molecule has 2 rings (SSSR count). The number of aromatic nitrogens is 2. The summed E-state index contributed by atoms with van der Waals surface area (Å²) in [7, 11) is -8.12. The first-order valence-electron chi connectivity index (χ1n) is 7.66. The Morgan fingerprint density at radius 3 is 2.89 bits per heavy atom. The number of ether oxygens (including phenoxy) is 2. The Morgan fingerprint density at radius 2 is 2.26 bits per heavy atom. The van der Waals surface area contributed by atoms with Crippen molar-refractivity contribution < 1.29 is 37.2 Å². The van der Waals surface area contributed by atoms with Gasteiger partial charge in [0.25, 0.3) is 5.56 Å². The average Bonchev–Trinajstić information content (AvgIpc) is 2.96. The molecule has 0 saturated carbocycles. The summed E-state index contributed by atoms with van der Waals surface area (Å²) in [6, 6.07) is 0. The summed E-state index contributed by atoms with van der Waals surface area (Å²) in [4.78, 5) is 43.6. The highest BCUT2D eigenvalue weighted by atomic mass is 31.2. The van der Waals surface area contributed by atoms with Crippen LogP contribution in [0.5, 0.6) is 0 Å². The number of hydrogen-bond acceptors (Lipinski definition) is 8. The SMILES string of the molecule is C=CCO[C@@H]1C[C@H](n2cc(C)c(=O)[nH]c2=O)O[C@@H]1COP(=O)(O)O[P+](=O)O. The van der Waals surface area contributed by atoms with Crippen LogP contribution in [0.2, 0.25) is 0 Å². The van der Waals surface area contributed by atoms with Gasteiger partial charge >= 0.3 is 21.8 Å². The summed E-state index contributed by atoms with van der Waals surface area (Å²) in [6.07, 6.45) is 0.626. The molecule has 27 heavy (non-hydrogen) atoms. The first kappa shape index (κ1) is 21.8. The molecule has 1 aromatic heterocycles. The van der Waals surface area contributed by atoms with Crippen LogP contribution in [0.1, 0.15) is 18.2 Å². The van der Waals surface area contributed by atoms with E-state index < -0.39 is 52.4 Å². The summed E-state index contributed by atoms with van der Waals surface area (Å²) in [5.41, 5.74) is -0.917. The lowest BCUT2D eigenvalue weighted by Gasteiger charge is -2.18. The van der Waals surface area contributed by atoms with Crippen LogP contribution >= 0.6 is 16.1 Å². The highest BCUT2D eigenvalue weighted by molar-refractivity contribution is 7.55. The van der Waals surface area contributed by atoms with Crippen molar-refractivity contribution in [2.24, 2.45) is 0 Å². The van der Waals surface area contributed by atoms with Crippen molar-refractivity contribution >= 4 is 16.1 Å². The van der Waals surface area contributed by atoms with Crippen molar-refractivity contribution in [2.45, 2.75) is 31.8 Å². The second kappa shape index (κ2) is 9.13. The molecule has 0 spiro atoms. The van der Waals surface area contributed by atoms with Crippen molar-refractivity contribution in [2.75, 3.05) is 13.2 Å². The highest BCUT2D eigenvalue weighted by Gasteiger charge is 2.41. The van der Waals surface area contributed by atoms with Gasteiger partial charge in [-0.05, 0) is 11.2 Å². The molecular formula is C13H19N2O10P2+. The first-order valence-corrected chi connectivity index (χ1v) is 10.3. The fraction of sp³-hybridized carbons (Fsp3) is 0.538. The zero-order valence-electron chi connectivity index (χ0n) is 14.2. The number of rotatable bonds is 9. The maximum absolute atomic E-state index is 12.0. The lowest BCUT2D eigenvalue weighted by atomic mass is 10.2. The molecule has 1 aliphatic heterocycles. The molecule has 1 fully saturated rings. The molecule has 2 unspecified atom stereocenters. The Balaban J connectivity index is 2.16. The van der Waals surface area contributed by atoms with Gasteiger partial charge in [0, 0.05) is 22.7 Å². The van der Waals surface area contributed by atoms with E-state index in [2.05, 4.69) is 20.4 Å². The molecule has 0 bridgehead atoms. The number of aromatic amines is 1. The Hall–Kier alpha value is -1.49. The highest BCUT2D eigenvalue weighted by Crippen LogP contribution is 2.51. The summed E-state index contributed by atoms with van der Waals surface area (Å²) >= 11 is 0. The number of aryl methyl sites for hydroxylation is 1. The lowest BCUT2D eigenvalue weighted by molar-refractivity contribution is -0.0568. The van der Waals surface area contributed by atoms with Gasteiger partial charge in [0.2, 0.25) is 0 Å². The molecule has 1 aromatic rings. The van der Waals surface area contributed by atoms with Gasteiger partial charge in [0.15, 0.2) is 0 Å². The van der Waals surface area contributed by atoms with Crippen LogP contribution in [0.4, 0.5) is 0 Å². The number of phosphoric acid groups is 1. The summed E-state index contributed by atoms with van der Waals surface area (Å²) in [5.74, 6) is 0. The summed E-state index contributed by atoms with van der Waals surface area (Å²) < 4.78 is 43.0. The van der Waals surface area contributed by atoms with Gasteiger partial charge in [-0.15, -0.1) is 11.5 Å². The monoisotopic (exact) mass is 425 g/mol.